The molecule has 0 radical (unpaired) electrons. The van der Waals surface area contributed by atoms with E-state index in [0.717, 1.165) is 34.8 Å². The van der Waals surface area contributed by atoms with Gasteiger partial charge in [0.15, 0.2) is 0 Å². The lowest BCUT2D eigenvalue weighted by Crippen LogP contribution is -2.03. The predicted octanol–water partition coefficient (Wildman–Crippen LogP) is 2.54. The Bertz CT molecular complexity index is 300. The number of hydrogen-bond donors (Lipinski definition) is 1. The molecule has 1 aromatic rings. The Morgan fingerprint density at radius 2 is 1.87 bits per heavy atom. The number of hydrogen-bond acceptors (Lipinski definition) is 3. The fourth-order valence-corrected chi connectivity index (χ4v) is 1.84. The van der Waals surface area contributed by atoms with E-state index in [-0.39, 0.29) is 6.61 Å². The van der Waals surface area contributed by atoms with Gasteiger partial charge in [-0.1, -0.05) is 12.1 Å². The van der Waals surface area contributed by atoms with E-state index in [2.05, 4.69) is 6.26 Å². The third-order valence-corrected chi connectivity index (χ3v) is 2.81. The molecule has 0 fully saturated rings. The van der Waals surface area contributed by atoms with E-state index in [1.807, 2.05) is 26.0 Å². The molecule has 1 rings (SSSR count). The Hall–Kier alpha value is -0.670. The molecule has 15 heavy (non-hydrogen) atoms. The first-order valence-electron chi connectivity index (χ1n) is 5.01. The summed E-state index contributed by atoms with van der Waals surface area (Å²) in [6.07, 6.45) is 2.07. The standard InChI is InChI=1S/C12H18O2S/c1-9-6-11(8-13)7-10(2)12(9)14-4-5-15-3/h6-7,13H,4-5,8H2,1-3H3. The number of rotatable bonds is 5. The maximum Gasteiger partial charge on any atom is 0.125 e. The zero-order valence-electron chi connectivity index (χ0n) is 9.54. The van der Waals surface area contributed by atoms with Gasteiger partial charge in [0.2, 0.25) is 0 Å². The van der Waals surface area contributed by atoms with Gasteiger partial charge in [-0.05, 0) is 36.8 Å². The topological polar surface area (TPSA) is 29.5 Å². The molecule has 0 aliphatic heterocycles. The van der Waals surface area contributed by atoms with Crippen molar-refractivity contribution in [2.24, 2.45) is 0 Å². The Balaban J connectivity index is 2.79. The minimum absolute atomic E-state index is 0.0901. The highest BCUT2D eigenvalue weighted by Gasteiger charge is 2.05. The quantitative estimate of drug-likeness (QED) is 0.782. The molecular weight excluding hydrogens is 208 g/mol. The molecule has 0 saturated heterocycles. The molecule has 0 spiro atoms. The monoisotopic (exact) mass is 226 g/mol. The van der Waals surface area contributed by atoms with Crippen molar-refractivity contribution in [1.82, 2.24) is 0 Å². The SMILES string of the molecule is CSCCOc1c(C)cc(CO)cc1C. The minimum Gasteiger partial charge on any atom is -0.492 e. The lowest BCUT2D eigenvalue weighted by atomic mass is 10.1. The van der Waals surface area contributed by atoms with Crippen LogP contribution in [0.2, 0.25) is 0 Å². The average molecular weight is 226 g/mol. The molecule has 0 amide bonds. The lowest BCUT2D eigenvalue weighted by Gasteiger charge is -2.13. The van der Waals surface area contributed by atoms with Crippen molar-refractivity contribution < 1.29 is 9.84 Å². The molecule has 1 N–H and O–H groups in total. The second-order valence-electron chi connectivity index (χ2n) is 3.56. The van der Waals surface area contributed by atoms with Crippen LogP contribution < -0.4 is 4.74 Å². The Kier molecular flexibility index (Phi) is 4.99. The molecule has 3 heteroatoms. The van der Waals surface area contributed by atoms with E-state index in [1.54, 1.807) is 11.8 Å². The molecule has 0 saturated carbocycles. The smallest absolute Gasteiger partial charge is 0.125 e. The maximum absolute atomic E-state index is 9.05. The van der Waals surface area contributed by atoms with Crippen molar-refractivity contribution in [3.8, 4) is 5.75 Å². The van der Waals surface area contributed by atoms with Crippen LogP contribution in [0.25, 0.3) is 0 Å². The first kappa shape index (κ1) is 12.4. The van der Waals surface area contributed by atoms with E-state index in [0.29, 0.717) is 0 Å². The van der Waals surface area contributed by atoms with Crippen LogP contribution in [0.15, 0.2) is 12.1 Å². The molecule has 0 heterocycles. The van der Waals surface area contributed by atoms with Gasteiger partial charge < -0.3 is 9.84 Å². The van der Waals surface area contributed by atoms with Gasteiger partial charge in [0.1, 0.15) is 5.75 Å². The van der Waals surface area contributed by atoms with E-state index in [9.17, 15) is 0 Å². The normalized spacial score (nSPS) is 10.4. The second kappa shape index (κ2) is 6.03. The van der Waals surface area contributed by atoms with Crippen molar-refractivity contribution in [3.05, 3.63) is 28.8 Å². The summed E-state index contributed by atoms with van der Waals surface area (Å²) in [5, 5.41) is 9.05. The third kappa shape index (κ3) is 3.43. The fourth-order valence-electron chi connectivity index (χ4n) is 1.59. The van der Waals surface area contributed by atoms with Crippen LogP contribution in [0.1, 0.15) is 16.7 Å². The van der Waals surface area contributed by atoms with Crippen LogP contribution in [-0.2, 0) is 6.61 Å². The van der Waals surface area contributed by atoms with E-state index in [4.69, 9.17) is 9.84 Å². The first-order chi connectivity index (χ1) is 7.19. The van der Waals surface area contributed by atoms with Crippen LogP contribution >= 0.6 is 11.8 Å². The van der Waals surface area contributed by atoms with Crippen molar-refractivity contribution in [2.45, 2.75) is 20.5 Å². The van der Waals surface area contributed by atoms with Crippen molar-refractivity contribution >= 4 is 11.8 Å². The van der Waals surface area contributed by atoms with Gasteiger partial charge in [0, 0.05) is 5.75 Å². The zero-order chi connectivity index (χ0) is 11.3. The Morgan fingerprint density at radius 3 is 2.33 bits per heavy atom. The second-order valence-corrected chi connectivity index (χ2v) is 4.54. The van der Waals surface area contributed by atoms with Gasteiger partial charge in [-0.3, -0.25) is 0 Å². The van der Waals surface area contributed by atoms with Gasteiger partial charge >= 0.3 is 0 Å². The van der Waals surface area contributed by atoms with Crippen LogP contribution in [0, 0.1) is 13.8 Å². The van der Waals surface area contributed by atoms with Crippen LogP contribution in [0.5, 0.6) is 5.75 Å². The molecule has 0 aliphatic rings. The molecule has 84 valence electrons. The summed E-state index contributed by atoms with van der Waals surface area (Å²) >= 11 is 1.78. The van der Waals surface area contributed by atoms with Gasteiger partial charge in [0.05, 0.1) is 13.2 Å². The molecule has 0 aromatic heterocycles. The van der Waals surface area contributed by atoms with Gasteiger partial charge in [0.25, 0.3) is 0 Å². The van der Waals surface area contributed by atoms with Crippen LogP contribution in [0.4, 0.5) is 0 Å². The fraction of sp³-hybridized carbons (Fsp3) is 0.500. The first-order valence-corrected chi connectivity index (χ1v) is 6.41. The van der Waals surface area contributed by atoms with Crippen LogP contribution in [0.3, 0.4) is 0 Å². The van der Waals surface area contributed by atoms with Gasteiger partial charge in [-0.2, -0.15) is 11.8 Å². The predicted molar refractivity (Wildman–Crippen MR) is 65.7 cm³/mol. The molecule has 1 aromatic carbocycles. The zero-order valence-corrected chi connectivity index (χ0v) is 10.4. The van der Waals surface area contributed by atoms with Crippen molar-refractivity contribution in [3.63, 3.8) is 0 Å². The highest BCUT2D eigenvalue weighted by Crippen LogP contribution is 2.24. The summed E-state index contributed by atoms with van der Waals surface area (Å²) in [5.74, 6) is 1.96. The Morgan fingerprint density at radius 1 is 1.27 bits per heavy atom. The van der Waals surface area contributed by atoms with Crippen molar-refractivity contribution in [1.29, 1.82) is 0 Å². The summed E-state index contributed by atoms with van der Waals surface area (Å²) < 4.78 is 5.70. The summed E-state index contributed by atoms with van der Waals surface area (Å²) in [6, 6.07) is 3.95. The van der Waals surface area contributed by atoms with Gasteiger partial charge in [-0.25, -0.2) is 0 Å². The van der Waals surface area contributed by atoms with Gasteiger partial charge in [-0.15, -0.1) is 0 Å². The highest BCUT2D eigenvalue weighted by molar-refractivity contribution is 7.98. The number of aliphatic hydroxyl groups is 1. The number of benzene rings is 1. The third-order valence-electron chi connectivity index (χ3n) is 2.24. The summed E-state index contributed by atoms with van der Waals surface area (Å²) in [4.78, 5) is 0. The number of ether oxygens (including phenoxy) is 1. The molecule has 0 atom stereocenters. The summed E-state index contributed by atoms with van der Waals surface area (Å²) in [5.41, 5.74) is 3.14. The number of aliphatic hydroxyl groups excluding tert-OH is 1. The molecule has 2 nitrogen and oxygen atoms in total. The maximum atomic E-state index is 9.05. The van der Waals surface area contributed by atoms with E-state index >= 15 is 0 Å². The molecular formula is C12H18O2S. The lowest BCUT2D eigenvalue weighted by molar-refractivity contribution is 0.281. The molecule has 0 unspecified atom stereocenters. The molecule has 0 bridgehead atoms. The number of aryl methyl sites for hydroxylation is 2. The highest BCUT2D eigenvalue weighted by atomic mass is 32.2. The van der Waals surface area contributed by atoms with E-state index < -0.39 is 0 Å². The van der Waals surface area contributed by atoms with E-state index in [1.165, 1.54) is 0 Å². The minimum atomic E-state index is 0.0901. The number of thioether (sulfide) groups is 1. The molecule has 0 aliphatic carbocycles. The van der Waals surface area contributed by atoms with Crippen molar-refractivity contribution in [2.75, 3.05) is 18.6 Å². The summed E-state index contributed by atoms with van der Waals surface area (Å²) in [7, 11) is 0. The van der Waals surface area contributed by atoms with Crippen LogP contribution in [-0.4, -0.2) is 23.7 Å². The average Bonchev–Trinajstić information content (AvgIpc) is 2.22. The summed E-state index contributed by atoms with van der Waals surface area (Å²) in [6.45, 7) is 4.86. The largest absolute Gasteiger partial charge is 0.492 e. The Labute approximate surface area is 95.7 Å².